The van der Waals surface area contributed by atoms with Crippen molar-refractivity contribution in [3.63, 3.8) is 0 Å². The van der Waals surface area contributed by atoms with Crippen molar-refractivity contribution in [1.29, 1.82) is 0 Å². The molecule has 0 radical (unpaired) electrons. The second-order valence-corrected chi connectivity index (χ2v) is 5.28. The maximum atomic E-state index is 11.2. The van der Waals surface area contributed by atoms with E-state index in [4.69, 9.17) is 5.11 Å². The van der Waals surface area contributed by atoms with Gasteiger partial charge in [0.25, 0.3) is 0 Å². The minimum atomic E-state index is -0.995. The molecule has 6 nitrogen and oxygen atoms in total. The number of hydrogen-bond donors (Lipinski definition) is 3. The topological polar surface area (TPSA) is 95.3 Å². The molecule has 19 heavy (non-hydrogen) atoms. The van der Waals surface area contributed by atoms with Crippen molar-refractivity contribution < 1.29 is 15.0 Å². The molecule has 1 heterocycles. The Kier molecular flexibility index (Phi) is 6.58. The van der Waals surface area contributed by atoms with Gasteiger partial charge in [-0.25, -0.2) is 4.79 Å². The summed E-state index contributed by atoms with van der Waals surface area (Å²) in [5.41, 5.74) is 1.45. The van der Waals surface area contributed by atoms with Crippen molar-refractivity contribution in [3.05, 3.63) is 16.8 Å². The van der Waals surface area contributed by atoms with Gasteiger partial charge in [-0.1, -0.05) is 0 Å². The number of nitrogens with one attached hydrogen (secondary N) is 1. The molecule has 0 saturated heterocycles. The Morgan fingerprint density at radius 1 is 1.32 bits per heavy atom. The van der Waals surface area contributed by atoms with Gasteiger partial charge in [-0.15, -0.1) is 5.10 Å². The molecule has 0 amide bonds. The lowest BCUT2D eigenvalue weighted by atomic mass is 10.1. The van der Waals surface area contributed by atoms with Crippen LogP contribution < -0.4 is 5.32 Å². The van der Waals surface area contributed by atoms with Crippen molar-refractivity contribution in [1.82, 2.24) is 10.2 Å². The van der Waals surface area contributed by atoms with Crippen molar-refractivity contribution in [2.75, 3.05) is 30.0 Å². The molecule has 0 aliphatic rings. The zero-order chi connectivity index (χ0) is 14.3. The summed E-state index contributed by atoms with van der Waals surface area (Å²) in [5, 5.41) is 28.7. The Morgan fingerprint density at radius 3 is 2.68 bits per heavy atom. The normalized spacial score (nSPS) is 10.5. The lowest BCUT2D eigenvalue weighted by Crippen LogP contribution is -2.14. The monoisotopic (exact) mass is 285 g/mol. The minimum Gasteiger partial charge on any atom is -0.478 e. The van der Waals surface area contributed by atoms with Crippen LogP contribution >= 0.6 is 11.8 Å². The number of thioether (sulfide) groups is 1. The number of aromatic nitrogens is 2. The van der Waals surface area contributed by atoms with Crippen LogP contribution in [0.5, 0.6) is 0 Å². The molecule has 0 unspecified atom stereocenters. The molecule has 7 heteroatoms. The lowest BCUT2D eigenvalue weighted by molar-refractivity contribution is 0.0696. The van der Waals surface area contributed by atoms with Crippen LogP contribution in [0.3, 0.4) is 0 Å². The average molecular weight is 285 g/mol. The van der Waals surface area contributed by atoms with E-state index in [1.54, 1.807) is 25.6 Å². The molecule has 1 rings (SSSR count). The Hall–Kier alpha value is -1.34. The largest absolute Gasteiger partial charge is 0.478 e. The third-order valence-corrected chi connectivity index (χ3v) is 3.72. The highest BCUT2D eigenvalue weighted by Gasteiger charge is 2.17. The highest BCUT2D eigenvalue weighted by atomic mass is 32.2. The zero-order valence-electron chi connectivity index (χ0n) is 11.1. The van der Waals surface area contributed by atoms with Crippen LogP contribution in [0, 0.1) is 13.8 Å². The van der Waals surface area contributed by atoms with Crippen molar-refractivity contribution in [2.45, 2.75) is 20.3 Å². The summed E-state index contributed by atoms with van der Waals surface area (Å²) >= 11 is 1.70. The average Bonchev–Trinajstić information content (AvgIpc) is 2.37. The van der Waals surface area contributed by atoms with Gasteiger partial charge in [0.1, 0.15) is 5.56 Å². The summed E-state index contributed by atoms with van der Waals surface area (Å²) in [6.07, 6.45) is 0.772. The first-order valence-electron chi connectivity index (χ1n) is 6.07. The van der Waals surface area contributed by atoms with Gasteiger partial charge in [0.2, 0.25) is 0 Å². The predicted molar refractivity (Wildman–Crippen MR) is 76.0 cm³/mol. The third kappa shape index (κ3) is 4.68. The Balaban J connectivity index is 2.58. The maximum Gasteiger partial charge on any atom is 0.339 e. The molecule has 0 aliphatic carbocycles. The van der Waals surface area contributed by atoms with Gasteiger partial charge in [0.15, 0.2) is 5.82 Å². The first-order valence-corrected chi connectivity index (χ1v) is 7.23. The minimum absolute atomic E-state index is 0.188. The van der Waals surface area contributed by atoms with Crippen LogP contribution in [0.2, 0.25) is 0 Å². The summed E-state index contributed by atoms with van der Waals surface area (Å²) < 4.78 is 0. The molecular formula is C12H19N3O3S. The highest BCUT2D eigenvalue weighted by Crippen LogP contribution is 2.18. The number of aryl methyl sites for hydroxylation is 1. The van der Waals surface area contributed by atoms with E-state index in [2.05, 4.69) is 15.5 Å². The second kappa shape index (κ2) is 7.96. The molecule has 1 aromatic rings. The Bertz CT molecular complexity index is 440. The molecule has 0 spiro atoms. The third-order valence-electron chi connectivity index (χ3n) is 2.65. The summed E-state index contributed by atoms with van der Waals surface area (Å²) in [6.45, 7) is 4.29. The molecule has 3 N–H and O–H groups in total. The quantitative estimate of drug-likeness (QED) is 0.620. The summed E-state index contributed by atoms with van der Waals surface area (Å²) in [6, 6.07) is 0. The number of carboxylic acids is 1. The van der Waals surface area contributed by atoms with Crippen molar-refractivity contribution >= 4 is 23.5 Å². The number of anilines is 1. The molecule has 0 aromatic carbocycles. The maximum absolute atomic E-state index is 11.2. The van der Waals surface area contributed by atoms with E-state index in [0.717, 1.165) is 17.9 Å². The fraction of sp³-hybridized carbons (Fsp3) is 0.583. The highest BCUT2D eigenvalue weighted by molar-refractivity contribution is 7.99. The van der Waals surface area contributed by atoms with Gasteiger partial charge in [-0.2, -0.15) is 16.9 Å². The molecule has 0 aliphatic heterocycles. The number of carbonyl (C=O) groups is 1. The summed E-state index contributed by atoms with van der Waals surface area (Å²) in [5.74, 6) is 1.04. The van der Waals surface area contributed by atoms with Crippen molar-refractivity contribution in [2.24, 2.45) is 0 Å². The number of aliphatic hydroxyl groups is 1. The van der Waals surface area contributed by atoms with E-state index >= 15 is 0 Å². The molecule has 0 saturated carbocycles. The molecular weight excluding hydrogens is 266 g/mol. The molecule has 106 valence electrons. The van der Waals surface area contributed by atoms with Crippen LogP contribution in [0.4, 0.5) is 5.82 Å². The zero-order valence-corrected chi connectivity index (χ0v) is 12.0. The summed E-state index contributed by atoms with van der Waals surface area (Å²) in [4.78, 5) is 11.2. The van der Waals surface area contributed by atoms with Gasteiger partial charge < -0.3 is 15.5 Å². The van der Waals surface area contributed by atoms with E-state index in [1.165, 1.54) is 0 Å². The molecule has 0 atom stereocenters. The Labute approximate surface area is 116 Å². The Morgan fingerprint density at radius 2 is 2.05 bits per heavy atom. The van der Waals surface area contributed by atoms with Gasteiger partial charge in [0, 0.05) is 18.9 Å². The van der Waals surface area contributed by atoms with Gasteiger partial charge in [0.05, 0.1) is 5.69 Å². The van der Waals surface area contributed by atoms with Crippen LogP contribution in [0.1, 0.15) is 28.0 Å². The fourth-order valence-corrected chi connectivity index (χ4v) is 2.29. The van der Waals surface area contributed by atoms with Gasteiger partial charge in [-0.05, 0) is 31.6 Å². The molecule has 0 bridgehead atoms. The van der Waals surface area contributed by atoms with E-state index in [0.29, 0.717) is 23.6 Å². The molecule has 0 fully saturated rings. The van der Waals surface area contributed by atoms with Crippen LogP contribution in [-0.4, -0.2) is 51.0 Å². The molecule has 1 aromatic heterocycles. The van der Waals surface area contributed by atoms with Crippen molar-refractivity contribution in [3.8, 4) is 0 Å². The van der Waals surface area contributed by atoms with E-state index in [1.807, 2.05) is 0 Å². The number of aromatic carboxylic acids is 1. The van der Waals surface area contributed by atoms with Gasteiger partial charge >= 0.3 is 5.97 Å². The van der Waals surface area contributed by atoms with Gasteiger partial charge in [-0.3, -0.25) is 0 Å². The predicted octanol–water partition coefficient (Wildman–Crippen LogP) is 1.32. The van der Waals surface area contributed by atoms with E-state index in [9.17, 15) is 9.90 Å². The second-order valence-electron chi connectivity index (χ2n) is 4.06. The van der Waals surface area contributed by atoms with Crippen LogP contribution in [0.25, 0.3) is 0 Å². The smallest absolute Gasteiger partial charge is 0.339 e. The van der Waals surface area contributed by atoms with E-state index in [-0.39, 0.29) is 12.2 Å². The number of hydrogen-bond acceptors (Lipinski definition) is 6. The first-order chi connectivity index (χ1) is 9.07. The summed E-state index contributed by atoms with van der Waals surface area (Å²) in [7, 11) is 0. The lowest BCUT2D eigenvalue weighted by Gasteiger charge is -2.11. The standard InChI is InChI=1S/C12H19N3O3S/c1-8-9(2)14-15-11(10(8)12(17)18)13-4-7-19-6-3-5-16/h16H,3-7H2,1-2H3,(H,13,15)(H,17,18). The SMILES string of the molecule is Cc1nnc(NCCSCCCO)c(C(=O)O)c1C. The number of rotatable bonds is 8. The van der Waals surface area contributed by atoms with Crippen LogP contribution in [0.15, 0.2) is 0 Å². The number of carboxylic acid groups (broad SMARTS) is 1. The first kappa shape index (κ1) is 15.7. The number of aliphatic hydroxyl groups excluding tert-OH is 1. The number of nitrogens with zero attached hydrogens (tertiary/aromatic N) is 2. The fourth-order valence-electron chi connectivity index (χ4n) is 1.50. The van der Waals surface area contributed by atoms with Crippen LogP contribution in [-0.2, 0) is 0 Å². The van der Waals surface area contributed by atoms with E-state index < -0.39 is 5.97 Å².